The molecule has 0 atom stereocenters. The maximum Gasteiger partial charge on any atom is 0.171 e. The summed E-state index contributed by atoms with van der Waals surface area (Å²) in [4.78, 5) is 0. The van der Waals surface area contributed by atoms with Gasteiger partial charge < -0.3 is 9.47 Å². The van der Waals surface area contributed by atoms with Crippen LogP contribution < -0.4 is 9.47 Å². The van der Waals surface area contributed by atoms with E-state index in [4.69, 9.17) is 9.47 Å². The highest BCUT2D eigenvalue weighted by atomic mass is 32.1. The van der Waals surface area contributed by atoms with Crippen molar-refractivity contribution in [3.63, 3.8) is 0 Å². The summed E-state index contributed by atoms with van der Waals surface area (Å²) in [5.74, 6) is 1.86. The Morgan fingerprint density at radius 2 is 1.19 bits per heavy atom. The van der Waals surface area contributed by atoms with Crippen LogP contribution in [0.3, 0.4) is 0 Å². The van der Waals surface area contributed by atoms with E-state index in [1.54, 1.807) is 11.3 Å². The maximum absolute atomic E-state index is 5.79. The van der Waals surface area contributed by atoms with Gasteiger partial charge in [0.25, 0.3) is 0 Å². The average Bonchev–Trinajstić information content (AvgIpc) is 2.96. The van der Waals surface area contributed by atoms with Crippen LogP contribution in [0.5, 0.6) is 11.5 Å². The zero-order chi connectivity index (χ0) is 15.8. The molecule has 1 rings (SSSR count). The zero-order valence-corrected chi connectivity index (χ0v) is 14.7. The fourth-order valence-corrected chi connectivity index (χ4v) is 2.59. The normalized spacial score (nSPS) is 9.81. The van der Waals surface area contributed by atoms with Crippen LogP contribution in [0.25, 0.3) is 0 Å². The van der Waals surface area contributed by atoms with Crippen molar-refractivity contribution in [1.29, 1.82) is 0 Å². The van der Waals surface area contributed by atoms with E-state index in [9.17, 15) is 0 Å². The van der Waals surface area contributed by atoms with Gasteiger partial charge >= 0.3 is 0 Å². The van der Waals surface area contributed by atoms with Crippen LogP contribution >= 0.6 is 11.3 Å². The first-order chi connectivity index (χ1) is 10.4. The molecule has 0 spiro atoms. The quantitative estimate of drug-likeness (QED) is 0.325. The lowest BCUT2D eigenvalue weighted by Gasteiger charge is -2.09. The van der Waals surface area contributed by atoms with Gasteiger partial charge in [-0.1, -0.05) is 52.4 Å². The predicted molar refractivity (Wildman–Crippen MR) is 94.8 cm³/mol. The number of unbranched alkanes of at least 4 members (excludes halogenated alkanes) is 6. The third-order valence-corrected chi connectivity index (χ3v) is 3.80. The molecule has 0 N–H and O–H groups in total. The van der Waals surface area contributed by atoms with E-state index in [1.807, 2.05) is 10.8 Å². The molecular weight excluding hydrogens is 280 g/mol. The van der Waals surface area contributed by atoms with Gasteiger partial charge in [0.15, 0.2) is 11.5 Å². The second-order valence-corrected chi connectivity index (χ2v) is 5.66. The summed E-state index contributed by atoms with van der Waals surface area (Å²) in [5, 5.41) is 4.09. The van der Waals surface area contributed by atoms with Crippen molar-refractivity contribution >= 4 is 11.3 Å². The lowest BCUT2D eigenvalue weighted by molar-refractivity contribution is 0.261. The summed E-state index contributed by atoms with van der Waals surface area (Å²) in [6.07, 6.45) is 9.93. The summed E-state index contributed by atoms with van der Waals surface area (Å²) >= 11 is 1.65. The summed E-state index contributed by atoms with van der Waals surface area (Å²) in [6, 6.07) is 0. The molecule has 0 amide bonds. The summed E-state index contributed by atoms with van der Waals surface area (Å²) in [5.41, 5.74) is 0. The Hall–Kier alpha value is -0.960. The lowest BCUT2D eigenvalue weighted by atomic mass is 10.2. The minimum absolute atomic E-state index is 0.808. The van der Waals surface area contributed by atoms with Crippen molar-refractivity contribution in [2.75, 3.05) is 13.2 Å². The largest absolute Gasteiger partial charge is 0.489 e. The maximum atomic E-state index is 5.79. The SMILES string of the molecule is C=C.CCCCCCOc1cscc1OCCCCCC. The minimum Gasteiger partial charge on any atom is -0.489 e. The Balaban J connectivity index is 0.00000191. The van der Waals surface area contributed by atoms with Crippen LogP contribution in [0.15, 0.2) is 23.9 Å². The molecule has 1 aromatic heterocycles. The summed E-state index contributed by atoms with van der Waals surface area (Å²) in [7, 11) is 0. The molecule has 2 nitrogen and oxygen atoms in total. The molecule has 0 fully saturated rings. The molecule has 0 unspecified atom stereocenters. The average molecular weight is 313 g/mol. The number of thiophene rings is 1. The molecule has 0 bridgehead atoms. The van der Waals surface area contributed by atoms with Crippen LogP contribution in [0.2, 0.25) is 0 Å². The van der Waals surface area contributed by atoms with Gasteiger partial charge in [0.05, 0.1) is 13.2 Å². The van der Waals surface area contributed by atoms with E-state index in [0.29, 0.717) is 0 Å². The Morgan fingerprint density at radius 1 is 0.762 bits per heavy atom. The molecule has 0 aliphatic heterocycles. The molecule has 0 aliphatic rings. The molecular formula is C18H32O2S. The summed E-state index contributed by atoms with van der Waals surface area (Å²) in [6.45, 7) is 12.1. The third-order valence-electron chi connectivity index (χ3n) is 3.10. The Morgan fingerprint density at radius 3 is 1.57 bits per heavy atom. The topological polar surface area (TPSA) is 18.5 Å². The summed E-state index contributed by atoms with van der Waals surface area (Å²) < 4.78 is 11.6. The fraction of sp³-hybridized carbons (Fsp3) is 0.667. The van der Waals surface area contributed by atoms with E-state index >= 15 is 0 Å². The highest BCUT2D eigenvalue weighted by molar-refractivity contribution is 7.08. The molecule has 122 valence electrons. The smallest absolute Gasteiger partial charge is 0.171 e. The highest BCUT2D eigenvalue weighted by Crippen LogP contribution is 2.31. The number of hydrogen-bond donors (Lipinski definition) is 0. The standard InChI is InChI=1S/C16H28O2S.C2H4/c1-3-5-7-9-11-17-15-13-19-14-16(15)18-12-10-8-6-4-2;1-2/h13-14H,3-12H2,1-2H3;1-2H2. The minimum atomic E-state index is 0.808. The molecule has 1 heterocycles. The lowest BCUT2D eigenvalue weighted by Crippen LogP contribution is -2.01. The van der Waals surface area contributed by atoms with Crippen molar-refractivity contribution < 1.29 is 9.47 Å². The van der Waals surface area contributed by atoms with Gasteiger partial charge in [0.2, 0.25) is 0 Å². The first kappa shape index (κ1) is 20.0. The number of rotatable bonds is 12. The van der Waals surface area contributed by atoms with Crippen LogP contribution in [-0.4, -0.2) is 13.2 Å². The van der Waals surface area contributed by atoms with E-state index in [2.05, 4.69) is 27.0 Å². The van der Waals surface area contributed by atoms with Crippen LogP contribution in [0.1, 0.15) is 65.2 Å². The van der Waals surface area contributed by atoms with Gasteiger partial charge in [-0.3, -0.25) is 0 Å². The molecule has 0 aliphatic carbocycles. The number of hydrogen-bond acceptors (Lipinski definition) is 3. The van der Waals surface area contributed by atoms with Gasteiger partial charge in [-0.25, -0.2) is 0 Å². The van der Waals surface area contributed by atoms with Gasteiger partial charge in [0.1, 0.15) is 0 Å². The van der Waals surface area contributed by atoms with E-state index in [-0.39, 0.29) is 0 Å². The first-order valence-electron chi connectivity index (χ1n) is 8.20. The van der Waals surface area contributed by atoms with Crippen LogP contribution in [0.4, 0.5) is 0 Å². The highest BCUT2D eigenvalue weighted by Gasteiger charge is 2.06. The van der Waals surface area contributed by atoms with Gasteiger partial charge in [-0.15, -0.1) is 24.5 Å². The second-order valence-electron chi connectivity index (χ2n) is 4.92. The Bertz CT molecular complexity index is 294. The van der Waals surface area contributed by atoms with Crippen molar-refractivity contribution in [3.05, 3.63) is 23.9 Å². The van der Waals surface area contributed by atoms with Gasteiger partial charge in [0, 0.05) is 10.8 Å². The molecule has 0 saturated carbocycles. The van der Waals surface area contributed by atoms with Crippen molar-refractivity contribution in [3.8, 4) is 11.5 Å². The fourth-order valence-electron chi connectivity index (χ4n) is 1.91. The Labute approximate surface area is 135 Å². The van der Waals surface area contributed by atoms with E-state index < -0.39 is 0 Å². The van der Waals surface area contributed by atoms with Crippen LogP contribution in [-0.2, 0) is 0 Å². The van der Waals surface area contributed by atoms with Crippen LogP contribution in [0, 0.1) is 0 Å². The van der Waals surface area contributed by atoms with Crippen molar-refractivity contribution in [1.82, 2.24) is 0 Å². The predicted octanol–water partition coefficient (Wildman–Crippen LogP) is 6.47. The first-order valence-corrected chi connectivity index (χ1v) is 9.14. The van der Waals surface area contributed by atoms with Crippen molar-refractivity contribution in [2.45, 2.75) is 65.2 Å². The molecule has 0 aromatic carbocycles. The Kier molecular flexibility index (Phi) is 14.7. The van der Waals surface area contributed by atoms with Gasteiger partial charge in [-0.2, -0.15) is 0 Å². The molecule has 1 aromatic rings. The van der Waals surface area contributed by atoms with Gasteiger partial charge in [-0.05, 0) is 12.8 Å². The van der Waals surface area contributed by atoms with E-state index in [0.717, 1.165) is 37.6 Å². The zero-order valence-electron chi connectivity index (χ0n) is 13.9. The molecule has 0 radical (unpaired) electrons. The monoisotopic (exact) mass is 312 g/mol. The van der Waals surface area contributed by atoms with E-state index in [1.165, 1.54) is 38.5 Å². The van der Waals surface area contributed by atoms with Crippen molar-refractivity contribution in [2.24, 2.45) is 0 Å². The molecule has 0 saturated heterocycles. The molecule has 21 heavy (non-hydrogen) atoms. The molecule has 3 heteroatoms. The third kappa shape index (κ3) is 10.4. The second kappa shape index (κ2) is 15.4. The number of ether oxygens (including phenoxy) is 2.